The van der Waals surface area contributed by atoms with Crippen molar-refractivity contribution in [3.8, 4) is 5.75 Å². The van der Waals surface area contributed by atoms with Crippen LogP contribution in [0.2, 0.25) is 0 Å². The second kappa shape index (κ2) is 6.66. The number of benzene rings is 2. The van der Waals surface area contributed by atoms with E-state index < -0.39 is 0 Å². The number of rotatable bonds is 5. The first-order valence-electron chi connectivity index (χ1n) is 7.31. The molecule has 0 unspecified atom stereocenters. The van der Waals surface area contributed by atoms with Gasteiger partial charge in [-0.05, 0) is 42.8 Å². The van der Waals surface area contributed by atoms with E-state index in [-0.39, 0.29) is 17.2 Å². The normalized spacial score (nSPS) is 10.8. The molecular formula is C17H16N2O3S. The Morgan fingerprint density at radius 3 is 2.61 bits per heavy atom. The molecule has 0 aliphatic heterocycles. The lowest BCUT2D eigenvalue weighted by molar-refractivity contribution is -0.116. The largest absolute Gasteiger partial charge is 0.508 e. The summed E-state index contributed by atoms with van der Waals surface area (Å²) in [6.07, 6.45) is 0.929. The fourth-order valence-electron chi connectivity index (χ4n) is 2.32. The van der Waals surface area contributed by atoms with Crippen LogP contribution in [0.3, 0.4) is 0 Å². The minimum absolute atomic E-state index is 0.00421. The Morgan fingerprint density at radius 1 is 1.13 bits per heavy atom. The molecule has 0 radical (unpaired) electrons. The molecule has 0 aliphatic rings. The minimum Gasteiger partial charge on any atom is -0.508 e. The first-order chi connectivity index (χ1) is 11.1. The average Bonchev–Trinajstić information content (AvgIpc) is 2.86. The first kappa shape index (κ1) is 15.3. The highest BCUT2D eigenvalue weighted by Gasteiger charge is 2.08. The Hall–Kier alpha value is -2.60. The molecule has 0 atom stereocenters. The molecule has 0 saturated carbocycles. The van der Waals surface area contributed by atoms with Crippen LogP contribution in [0.4, 0.5) is 5.69 Å². The summed E-state index contributed by atoms with van der Waals surface area (Å²) in [5.74, 6) is 0.0528. The van der Waals surface area contributed by atoms with E-state index in [2.05, 4.69) is 5.32 Å². The highest BCUT2D eigenvalue weighted by atomic mass is 32.1. The van der Waals surface area contributed by atoms with Crippen molar-refractivity contribution < 1.29 is 9.90 Å². The van der Waals surface area contributed by atoms with Crippen LogP contribution in [0.15, 0.2) is 53.3 Å². The van der Waals surface area contributed by atoms with Crippen LogP contribution >= 0.6 is 11.5 Å². The third-order valence-corrected chi connectivity index (χ3v) is 4.59. The van der Waals surface area contributed by atoms with Crippen LogP contribution in [0, 0.1) is 0 Å². The van der Waals surface area contributed by atoms with Crippen LogP contribution in [0.25, 0.3) is 10.1 Å². The standard InChI is InChI=1S/C17H16N2O3S/c20-13-9-7-12(8-10-13)18-16(21)6-3-11-19-17(22)14-4-1-2-5-15(14)23-19/h1-2,4-5,7-10,20H,3,6,11H2,(H,18,21). The number of phenols is 1. The highest BCUT2D eigenvalue weighted by molar-refractivity contribution is 7.13. The van der Waals surface area contributed by atoms with Crippen molar-refractivity contribution in [1.29, 1.82) is 0 Å². The lowest BCUT2D eigenvalue weighted by atomic mass is 10.2. The fourth-order valence-corrected chi connectivity index (χ4v) is 3.35. The molecule has 3 aromatic rings. The van der Waals surface area contributed by atoms with Gasteiger partial charge in [0.2, 0.25) is 5.91 Å². The molecule has 118 valence electrons. The first-order valence-corrected chi connectivity index (χ1v) is 8.08. The SMILES string of the molecule is O=C(CCCn1sc2ccccc2c1=O)Nc1ccc(O)cc1. The predicted molar refractivity (Wildman–Crippen MR) is 92.1 cm³/mol. The van der Waals surface area contributed by atoms with Gasteiger partial charge in [-0.25, -0.2) is 0 Å². The van der Waals surface area contributed by atoms with E-state index in [1.54, 1.807) is 16.1 Å². The number of nitrogens with one attached hydrogen (secondary N) is 1. The Labute approximate surface area is 137 Å². The van der Waals surface area contributed by atoms with E-state index in [0.29, 0.717) is 25.1 Å². The van der Waals surface area contributed by atoms with Gasteiger partial charge in [-0.3, -0.25) is 13.5 Å². The summed E-state index contributed by atoms with van der Waals surface area (Å²) >= 11 is 1.43. The summed E-state index contributed by atoms with van der Waals surface area (Å²) in [7, 11) is 0. The molecule has 1 amide bonds. The molecule has 0 fully saturated rings. The van der Waals surface area contributed by atoms with Gasteiger partial charge in [0.25, 0.3) is 5.56 Å². The molecule has 2 N–H and O–H groups in total. The third-order valence-electron chi connectivity index (χ3n) is 3.47. The molecule has 3 rings (SSSR count). The number of carbonyl (C=O) groups is 1. The van der Waals surface area contributed by atoms with Crippen molar-refractivity contribution in [2.24, 2.45) is 0 Å². The lowest BCUT2D eigenvalue weighted by Crippen LogP contribution is -2.16. The van der Waals surface area contributed by atoms with Crippen LogP contribution in [-0.2, 0) is 11.3 Å². The smallest absolute Gasteiger partial charge is 0.268 e. The van der Waals surface area contributed by atoms with Gasteiger partial charge in [0.15, 0.2) is 0 Å². The average molecular weight is 328 g/mol. The highest BCUT2D eigenvalue weighted by Crippen LogP contribution is 2.17. The molecule has 23 heavy (non-hydrogen) atoms. The number of carbonyl (C=O) groups excluding carboxylic acids is 1. The Kier molecular flexibility index (Phi) is 4.43. The molecule has 1 aromatic heterocycles. The molecule has 1 heterocycles. The van der Waals surface area contributed by atoms with Gasteiger partial charge in [-0.1, -0.05) is 23.7 Å². The molecule has 0 aliphatic carbocycles. The second-order valence-corrected chi connectivity index (χ2v) is 6.26. The summed E-state index contributed by atoms with van der Waals surface area (Å²) in [4.78, 5) is 24.1. The van der Waals surface area contributed by atoms with Crippen molar-refractivity contribution in [3.63, 3.8) is 0 Å². The molecule has 0 bridgehead atoms. The number of fused-ring (bicyclic) bond motifs is 1. The van der Waals surface area contributed by atoms with E-state index >= 15 is 0 Å². The Bertz CT molecular complexity index is 881. The fraction of sp³-hybridized carbons (Fsp3) is 0.176. The van der Waals surface area contributed by atoms with E-state index in [0.717, 1.165) is 10.1 Å². The molecular weight excluding hydrogens is 312 g/mol. The van der Waals surface area contributed by atoms with Crippen LogP contribution < -0.4 is 10.9 Å². The lowest BCUT2D eigenvalue weighted by Gasteiger charge is -2.05. The van der Waals surface area contributed by atoms with Gasteiger partial charge in [0.05, 0.1) is 10.1 Å². The molecule has 0 spiro atoms. The van der Waals surface area contributed by atoms with Gasteiger partial charge >= 0.3 is 0 Å². The number of aromatic nitrogens is 1. The number of phenolic OH excluding ortho intramolecular Hbond substituents is 1. The van der Waals surface area contributed by atoms with Crippen molar-refractivity contribution in [3.05, 3.63) is 58.9 Å². The number of hydrogen-bond acceptors (Lipinski definition) is 4. The molecule has 5 nitrogen and oxygen atoms in total. The van der Waals surface area contributed by atoms with Crippen LogP contribution in [0.5, 0.6) is 5.75 Å². The topological polar surface area (TPSA) is 71.3 Å². The van der Waals surface area contributed by atoms with Gasteiger partial charge in [0.1, 0.15) is 5.75 Å². The summed E-state index contributed by atoms with van der Waals surface area (Å²) < 4.78 is 2.66. The summed E-state index contributed by atoms with van der Waals surface area (Å²) in [5.41, 5.74) is 0.649. The summed E-state index contributed by atoms with van der Waals surface area (Å²) in [6, 6.07) is 13.8. The third kappa shape index (κ3) is 3.60. The number of nitrogens with zero attached hydrogens (tertiary/aromatic N) is 1. The predicted octanol–water partition coefficient (Wildman–Crippen LogP) is 3.19. The number of aromatic hydroxyl groups is 1. The molecule has 0 saturated heterocycles. The van der Waals surface area contributed by atoms with E-state index in [4.69, 9.17) is 0 Å². The van der Waals surface area contributed by atoms with Gasteiger partial charge in [-0.2, -0.15) is 0 Å². The van der Waals surface area contributed by atoms with Crippen molar-refractivity contribution in [2.75, 3.05) is 5.32 Å². The number of hydrogen-bond donors (Lipinski definition) is 2. The van der Waals surface area contributed by atoms with Gasteiger partial charge in [-0.15, -0.1) is 0 Å². The summed E-state index contributed by atoms with van der Waals surface area (Å²) in [5, 5.41) is 12.7. The van der Waals surface area contributed by atoms with E-state index in [9.17, 15) is 14.7 Å². The zero-order valence-electron chi connectivity index (χ0n) is 12.4. The van der Waals surface area contributed by atoms with Crippen molar-refractivity contribution in [1.82, 2.24) is 3.96 Å². The zero-order chi connectivity index (χ0) is 16.2. The van der Waals surface area contributed by atoms with Crippen LogP contribution in [0.1, 0.15) is 12.8 Å². The Balaban J connectivity index is 1.56. The quantitative estimate of drug-likeness (QED) is 0.707. The van der Waals surface area contributed by atoms with E-state index in [1.807, 2.05) is 24.3 Å². The maximum Gasteiger partial charge on any atom is 0.268 e. The maximum atomic E-state index is 12.2. The zero-order valence-corrected chi connectivity index (χ0v) is 13.2. The second-order valence-electron chi connectivity index (χ2n) is 5.19. The van der Waals surface area contributed by atoms with Crippen molar-refractivity contribution >= 4 is 33.2 Å². The Morgan fingerprint density at radius 2 is 1.87 bits per heavy atom. The van der Waals surface area contributed by atoms with E-state index in [1.165, 1.54) is 23.7 Å². The van der Waals surface area contributed by atoms with Crippen molar-refractivity contribution in [2.45, 2.75) is 19.4 Å². The van der Waals surface area contributed by atoms with Crippen LogP contribution in [-0.4, -0.2) is 15.0 Å². The summed E-state index contributed by atoms with van der Waals surface area (Å²) in [6.45, 7) is 0.529. The monoisotopic (exact) mass is 328 g/mol. The minimum atomic E-state index is -0.107. The maximum absolute atomic E-state index is 12.2. The number of amides is 1. The number of aryl methyl sites for hydroxylation is 1. The number of anilines is 1. The molecule has 2 aromatic carbocycles. The van der Waals surface area contributed by atoms with Gasteiger partial charge in [0, 0.05) is 18.7 Å². The molecule has 6 heteroatoms. The van der Waals surface area contributed by atoms with Gasteiger partial charge < -0.3 is 10.4 Å².